The van der Waals surface area contributed by atoms with E-state index >= 15 is 0 Å². The Labute approximate surface area is 140 Å². The number of nitrogens with zero attached hydrogens (tertiary/aromatic N) is 2. The highest BCUT2D eigenvalue weighted by Gasteiger charge is 2.36. The number of rotatable bonds is 4. The van der Waals surface area contributed by atoms with Crippen molar-refractivity contribution < 1.29 is 23.0 Å². The fourth-order valence-electron chi connectivity index (χ4n) is 2.41. The number of fused-ring (bicyclic) bond motifs is 1. The van der Waals surface area contributed by atoms with Crippen LogP contribution in [0.3, 0.4) is 0 Å². The van der Waals surface area contributed by atoms with E-state index in [4.69, 9.17) is 4.74 Å². The zero-order valence-corrected chi connectivity index (χ0v) is 12.8. The van der Waals surface area contributed by atoms with Gasteiger partial charge in [0.1, 0.15) is 17.1 Å². The third-order valence-electron chi connectivity index (χ3n) is 3.77. The number of anilines is 4. The predicted octanol–water partition coefficient (Wildman–Crippen LogP) is 2.89. The predicted molar refractivity (Wildman–Crippen MR) is 83.7 cm³/mol. The van der Waals surface area contributed by atoms with E-state index in [0.717, 1.165) is 19.0 Å². The number of benzene rings is 1. The van der Waals surface area contributed by atoms with E-state index in [1.807, 2.05) is 0 Å². The third-order valence-corrected chi connectivity index (χ3v) is 3.77. The molecule has 0 amide bonds. The molecule has 0 bridgehead atoms. The van der Waals surface area contributed by atoms with Gasteiger partial charge in [-0.2, -0.15) is 18.2 Å². The first kappa shape index (κ1) is 15.8. The molecule has 1 aromatic carbocycles. The lowest BCUT2D eigenvalue weighted by Crippen LogP contribution is -2.17. The van der Waals surface area contributed by atoms with Gasteiger partial charge in [-0.15, -0.1) is 0 Å². The molecule has 1 saturated carbocycles. The number of ether oxygens (including phenoxy) is 1. The first-order chi connectivity index (χ1) is 11.9. The molecule has 2 aromatic rings. The van der Waals surface area contributed by atoms with Crippen molar-refractivity contribution in [1.29, 1.82) is 0 Å². The van der Waals surface area contributed by atoms with Crippen LogP contribution in [0.15, 0.2) is 24.4 Å². The van der Waals surface area contributed by atoms with Gasteiger partial charge in [-0.25, -0.2) is 4.98 Å². The standard InChI is InChI=1S/C15H14F3N5O2/c16-15(17,18)9-6-19-13(23-12(9)20-7-1-2-7)21-8-3-4-10-11(5-8)25-14(24)22-10/h3-7,14,22,24H,1-2H2,(H2,19,20,21,23). The van der Waals surface area contributed by atoms with Crippen molar-refractivity contribution in [2.75, 3.05) is 16.0 Å². The molecular formula is C15H14F3N5O2. The number of alkyl halides is 3. The summed E-state index contributed by atoms with van der Waals surface area (Å²) in [4.78, 5) is 7.71. The van der Waals surface area contributed by atoms with Crippen molar-refractivity contribution in [3.05, 3.63) is 30.0 Å². The maximum Gasteiger partial charge on any atom is 0.421 e. The average molecular weight is 353 g/mol. The number of hydrogen-bond donors (Lipinski definition) is 4. The molecule has 2 heterocycles. The van der Waals surface area contributed by atoms with E-state index in [2.05, 4.69) is 25.9 Å². The van der Waals surface area contributed by atoms with Crippen LogP contribution in [-0.2, 0) is 6.18 Å². The number of nitrogens with one attached hydrogen (secondary N) is 3. The zero-order valence-electron chi connectivity index (χ0n) is 12.8. The maximum atomic E-state index is 13.1. The molecule has 10 heteroatoms. The summed E-state index contributed by atoms with van der Waals surface area (Å²) >= 11 is 0. The van der Waals surface area contributed by atoms with E-state index in [0.29, 0.717) is 17.1 Å². The van der Waals surface area contributed by atoms with E-state index in [9.17, 15) is 18.3 Å². The minimum absolute atomic E-state index is 0.0183. The largest absolute Gasteiger partial charge is 0.445 e. The Morgan fingerprint density at radius 2 is 2.08 bits per heavy atom. The van der Waals surface area contributed by atoms with E-state index < -0.39 is 18.2 Å². The van der Waals surface area contributed by atoms with Crippen molar-refractivity contribution in [1.82, 2.24) is 9.97 Å². The summed E-state index contributed by atoms with van der Waals surface area (Å²) in [6.45, 7) is 0. The van der Waals surface area contributed by atoms with E-state index in [1.54, 1.807) is 18.2 Å². The van der Waals surface area contributed by atoms with E-state index in [-0.39, 0.29) is 17.8 Å². The van der Waals surface area contributed by atoms with E-state index in [1.165, 1.54) is 0 Å². The zero-order chi connectivity index (χ0) is 17.6. The minimum atomic E-state index is -4.53. The molecule has 1 unspecified atom stereocenters. The van der Waals surface area contributed by atoms with Crippen LogP contribution < -0.4 is 20.7 Å². The molecule has 0 saturated heterocycles. The van der Waals surface area contributed by atoms with Crippen LogP contribution in [0.2, 0.25) is 0 Å². The second kappa shape index (κ2) is 5.66. The van der Waals surface area contributed by atoms with Crippen LogP contribution in [0, 0.1) is 0 Å². The summed E-state index contributed by atoms with van der Waals surface area (Å²) in [6, 6.07) is 4.95. The first-order valence-electron chi connectivity index (χ1n) is 7.61. The number of aliphatic hydroxyl groups is 1. The van der Waals surface area contributed by atoms with Gasteiger partial charge >= 0.3 is 6.18 Å². The average Bonchev–Trinajstić information content (AvgIpc) is 3.25. The monoisotopic (exact) mass is 353 g/mol. The summed E-state index contributed by atoms with van der Waals surface area (Å²) < 4.78 is 44.4. The second-order valence-electron chi connectivity index (χ2n) is 5.82. The van der Waals surface area contributed by atoms with Gasteiger partial charge in [0.15, 0.2) is 0 Å². The van der Waals surface area contributed by atoms with Crippen LogP contribution in [0.25, 0.3) is 0 Å². The summed E-state index contributed by atoms with van der Waals surface area (Å²) in [5.74, 6) is 0.213. The fourth-order valence-corrected chi connectivity index (χ4v) is 2.41. The van der Waals surface area contributed by atoms with Gasteiger partial charge in [0.05, 0.1) is 5.69 Å². The molecule has 1 aliphatic carbocycles. The molecule has 1 aromatic heterocycles. The molecule has 2 aliphatic rings. The lowest BCUT2D eigenvalue weighted by atomic mass is 10.2. The van der Waals surface area contributed by atoms with Gasteiger partial charge in [0.2, 0.25) is 5.95 Å². The minimum Gasteiger partial charge on any atom is -0.445 e. The summed E-state index contributed by atoms with van der Waals surface area (Å²) in [5, 5.41) is 17.7. The normalized spacial score (nSPS) is 19.0. The Morgan fingerprint density at radius 1 is 1.28 bits per heavy atom. The molecular weight excluding hydrogens is 339 g/mol. The Bertz CT molecular complexity index is 810. The Balaban J connectivity index is 1.59. The van der Waals surface area contributed by atoms with Crippen molar-refractivity contribution in [3.63, 3.8) is 0 Å². The Morgan fingerprint density at radius 3 is 2.80 bits per heavy atom. The van der Waals surface area contributed by atoms with Crippen molar-refractivity contribution in [2.45, 2.75) is 31.5 Å². The quantitative estimate of drug-likeness (QED) is 0.672. The molecule has 4 rings (SSSR count). The topological polar surface area (TPSA) is 91.3 Å². The summed E-state index contributed by atoms with van der Waals surface area (Å²) in [5.41, 5.74) is 0.240. The number of hydrogen-bond acceptors (Lipinski definition) is 7. The number of aromatic nitrogens is 2. The van der Waals surface area contributed by atoms with Gasteiger partial charge in [0, 0.05) is 24.0 Å². The fraction of sp³-hybridized carbons (Fsp3) is 0.333. The lowest BCUT2D eigenvalue weighted by Gasteiger charge is -2.14. The van der Waals surface area contributed by atoms with Gasteiger partial charge in [-0.3, -0.25) is 0 Å². The SMILES string of the molecule is OC1Nc2ccc(Nc3ncc(C(F)(F)F)c(NC4CC4)n3)cc2O1. The van der Waals surface area contributed by atoms with Crippen molar-refractivity contribution in [3.8, 4) is 5.75 Å². The maximum absolute atomic E-state index is 13.1. The molecule has 132 valence electrons. The first-order valence-corrected chi connectivity index (χ1v) is 7.61. The third kappa shape index (κ3) is 3.38. The molecule has 7 nitrogen and oxygen atoms in total. The molecule has 4 N–H and O–H groups in total. The number of halogens is 3. The van der Waals surface area contributed by atoms with Crippen LogP contribution in [0.1, 0.15) is 18.4 Å². The highest BCUT2D eigenvalue weighted by molar-refractivity contribution is 5.68. The Kier molecular flexibility index (Phi) is 3.57. The summed E-state index contributed by atoms with van der Waals surface area (Å²) in [6.07, 6.45) is -3.25. The lowest BCUT2D eigenvalue weighted by molar-refractivity contribution is -0.137. The molecule has 25 heavy (non-hydrogen) atoms. The number of aliphatic hydroxyl groups excluding tert-OH is 1. The van der Waals surface area contributed by atoms with Crippen molar-refractivity contribution >= 4 is 23.1 Å². The second-order valence-corrected chi connectivity index (χ2v) is 5.82. The molecule has 1 aliphatic heterocycles. The van der Waals surface area contributed by atoms with Crippen LogP contribution in [0.5, 0.6) is 5.75 Å². The van der Waals surface area contributed by atoms with Gasteiger partial charge in [-0.05, 0) is 25.0 Å². The van der Waals surface area contributed by atoms with Crippen molar-refractivity contribution in [2.24, 2.45) is 0 Å². The van der Waals surface area contributed by atoms with Gasteiger partial charge in [-0.1, -0.05) is 0 Å². The molecule has 0 spiro atoms. The molecule has 1 fully saturated rings. The highest BCUT2D eigenvalue weighted by atomic mass is 19.4. The van der Waals surface area contributed by atoms with Crippen LogP contribution >= 0.6 is 0 Å². The van der Waals surface area contributed by atoms with Crippen LogP contribution in [-0.4, -0.2) is 27.5 Å². The Hall–Kier alpha value is -2.75. The van der Waals surface area contributed by atoms with Gasteiger partial charge < -0.3 is 25.8 Å². The summed E-state index contributed by atoms with van der Waals surface area (Å²) in [7, 11) is 0. The smallest absolute Gasteiger partial charge is 0.421 e. The highest BCUT2D eigenvalue weighted by Crippen LogP contribution is 2.37. The van der Waals surface area contributed by atoms with Crippen LogP contribution in [0.4, 0.5) is 36.3 Å². The van der Waals surface area contributed by atoms with Gasteiger partial charge in [0.25, 0.3) is 6.41 Å². The molecule has 0 radical (unpaired) electrons. The molecule has 1 atom stereocenters.